The van der Waals surface area contributed by atoms with Crippen LogP contribution in [0.3, 0.4) is 0 Å². The van der Waals surface area contributed by atoms with Crippen LogP contribution in [0.2, 0.25) is 0 Å². The van der Waals surface area contributed by atoms with Gasteiger partial charge in [0.1, 0.15) is 5.75 Å². The SMILES string of the molecule is COc1ccc(N=Nc2ccc(C(=O)Cl)cc2)cc1C(=O)Cl. The minimum atomic E-state index is -0.640. The number of benzene rings is 2. The van der Waals surface area contributed by atoms with Crippen LogP contribution in [-0.2, 0) is 0 Å². The molecule has 0 radical (unpaired) electrons. The van der Waals surface area contributed by atoms with Gasteiger partial charge >= 0.3 is 0 Å². The molecule has 0 saturated heterocycles. The third-order valence-corrected chi connectivity index (χ3v) is 3.19. The lowest BCUT2D eigenvalue weighted by molar-refractivity contribution is 0.107. The van der Waals surface area contributed by atoms with E-state index in [1.807, 2.05) is 0 Å². The Balaban J connectivity index is 2.24. The van der Waals surface area contributed by atoms with E-state index in [4.69, 9.17) is 27.9 Å². The highest BCUT2D eigenvalue weighted by atomic mass is 35.5. The van der Waals surface area contributed by atoms with Crippen molar-refractivity contribution in [3.63, 3.8) is 0 Å². The van der Waals surface area contributed by atoms with E-state index in [-0.39, 0.29) is 5.56 Å². The monoisotopic (exact) mass is 336 g/mol. The maximum atomic E-state index is 11.3. The van der Waals surface area contributed by atoms with Crippen LogP contribution in [0.4, 0.5) is 11.4 Å². The average molecular weight is 337 g/mol. The first-order valence-corrected chi connectivity index (χ1v) is 6.86. The van der Waals surface area contributed by atoms with E-state index in [0.29, 0.717) is 22.7 Å². The van der Waals surface area contributed by atoms with Crippen molar-refractivity contribution < 1.29 is 14.3 Å². The zero-order valence-corrected chi connectivity index (χ0v) is 12.9. The van der Waals surface area contributed by atoms with Gasteiger partial charge in [0.05, 0.1) is 24.0 Å². The molecule has 0 bridgehead atoms. The van der Waals surface area contributed by atoms with Gasteiger partial charge in [-0.25, -0.2) is 0 Å². The first-order valence-electron chi connectivity index (χ1n) is 6.11. The molecular formula is C15H10Cl2N2O3. The van der Waals surface area contributed by atoms with Crippen molar-refractivity contribution in [2.24, 2.45) is 10.2 Å². The van der Waals surface area contributed by atoms with E-state index < -0.39 is 10.5 Å². The molecule has 0 unspecified atom stereocenters. The molecule has 0 N–H and O–H groups in total. The summed E-state index contributed by atoms with van der Waals surface area (Å²) in [6.07, 6.45) is 0. The fraction of sp³-hybridized carbons (Fsp3) is 0.0667. The van der Waals surface area contributed by atoms with Crippen LogP contribution in [0.5, 0.6) is 5.75 Å². The predicted octanol–water partition coefficient (Wildman–Crippen LogP) is 4.87. The van der Waals surface area contributed by atoms with Gasteiger partial charge in [-0.3, -0.25) is 9.59 Å². The molecule has 2 aromatic rings. The van der Waals surface area contributed by atoms with Crippen LogP contribution in [0.15, 0.2) is 52.7 Å². The normalized spacial score (nSPS) is 10.7. The van der Waals surface area contributed by atoms with Crippen molar-refractivity contribution in [2.75, 3.05) is 7.11 Å². The summed E-state index contributed by atoms with van der Waals surface area (Å²) in [5.74, 6) is 0.365. The molecule has 0 aromatic heterocycles. The summed E-state index contributed by atoms with van der Waals surface area (Å²) in [6, 6.07) is 11.0. The zero-order valence-electron chi connectivity index (χ0n) is 11.4. The van der Waals surface area contributed by atoms with Crippen molar-refractivity contribution in [3.05, 3.63) is 53.6 Å². The van der Waals surface area contributed by atoms with Gasteiger partial charge in [-0.05, 0) is 65.7 Å². The second kappa shape index (κ2) is 7.15. The molecule has 0 aliphatic carbocycles. The van der Waals surface area contributed by atoms with Crippen molar-refractivity contribution in [3.8, 4) is 5.75 Å². The van der Waals surface area contributed by atoms with Crippen molar-refractivity contribution in [1.29, 1.82) is 0 Å². The Labute approximate surface area is 136 Å². The number of rotatable bonds is 5. The average Bonchev–Trinajstić information content (AvgIpc) is 2.53. The molecule has 0 spiro atoms. The van der Waals surface area contributed by atoms with Crippen LogP contribution >= 0.6 is 23.2 Å². The second-order valence-electron chi connectivity index (χ2n) is 4.18. The number of hydrogen-bond acceptors (Lipinski definition) is 5. The summed E-state index contributed by atoms with van der Waals surface area (Å²) in [5.41, 5.74) is 1.57. The van der Waals surface area contributed by atoms with E-state index in [9.17, 15) is 9.59 Å². The molecule has 5 nitrogen and oxygen atoms in total. The summed E-state index contributed by atoms with van der Waals surface area (Å²) in [7, 11) is 1.44. The zero-order chi connectivity index (χ0) is 16.1. The first kappa shape index (κ1) is 16.1. The van der Waals surface area contributed by atoms with Gasteiger partial charge in [0.2, 0.25) is 0 Å². The largest absolute Gasteiger partial charge is 0.496 e. The smallest absolute Gasteiger partial charge is 0.256 e. The van der Waals surface area contributed by atoms with Crippen molar-refractivity contribution in [2.45, 2.75) is 0 Å². The van der Waals surface area contributed by atoms with Crippen LogP contribution in [0, 0.1) is 0 Å². The lowest BCUT2D eigenvalue weighted by atomic mass is 10.2. The molecule has 22 heavy (non-hydrogen) atoms. The van der Waals surface area contributed by atoms with E-state index in [1.165, 1.54) is 13.2 Å². The minimum Gasteiger partial charge on any atom is -0.496 e. The van der Waals surface area contributed by atoms with Crippen molar-refractivity contribution >= 4 is 45.1 Å². The Hall–Kier alpha value is -2.24. The summed E-state index contributed by atoms with van der Waals surface area (Å²) in [4.78, 5) is 22.3. The summed E-state index contributed by atoms with van der Waals surface area (Å²) >= 11 is 10.8. The van der Waals surface area contributed by atoms with Crippen LogP contribution in [0.25, 0.3) is 0 Å². The minimum absolute atomic E-state index is 0.212. The summed E-state index contributed by atoms with van der Waals surface area (Å²) in [5, 5.41) is 6.84. The Morgan fingerprint density at radius 2 is 1.50 bits per heavy atom. The van der Waals surface area contributed by atoms with E-state index in [1.54, 1.807) is 36.4 Å². The quantitative estimate of drug-likeness (QED) is 0.577. The second-order valence-corrected chi connectivity index (χ2v) is 4.87. The lowest BCUT2D eigenvalue weighted by Crippen LogP contribution is -1.94. The summed E-state index contributed by atoms with van der Waals surface area (Å²) < 4.78 is 5.04. The Morgan fingerprint density at radius 1 is 0.909 bits per heavy atom. The predicted molar refractivity (Wildman–Crippen MR) is 84.0 cm³/mol. The molecule has 2 aromatic carbocycles. The maximum Gasteiger partial charge on any atom is 0.256 e. The van der Waals surface area contributed by atoms with E-state index >= 15 is 0 Å². The van der Waals surface area contributed by atoms with Gasteiger partial charge in [-0.15, -0.1) is 0 Å². The molecule has 7 heteroatoms. The number of carbonyl (C=O) groups excluding carboxylic acids is 2. The summed E-state index contributed by atoms with van der Waals surface area (Å²) in [6.45, 7) is 0. The lowest BCUT2D eigenvalue weighted by Gasteiger charge is -2.04. The fourth-order valence-electron chi connectivity index (χ4n) is 1.69. The number of carbonyl (C=O) groups is 2. The number of halogens is 2. The van der Waals surface area contributed by atoms with Gasteiger partial charge < -0.3 is 4.74 Å². The molecule has 0 atom stereocenters. The molecule has 0 aliphatic rings. The number of ether oxygens (including phenoxy) is 1. The van der Waals surface area contributed by atoms with Crippen LogP contribution in [0.1, 0.15) is 20.7 Å². The topological polar surface area (TPSA) is 68.1 Å². The molecule has 0 amide bonds. The highest BCUT2D eigenvalue weighted by Gasteiger charge is 2.10. The molecule has 112 valence electrons. The van der Waals surface area contributed by atoms with E-state index in [0.717, 1.165) is 0 Å². The fourth-order valence-corrected chi connectivity index (χ4v) is 1.96. The highest BCUT2D eigenvalue weighted by Crippen LogP contribution is 2.27. The molecule has 0 fully saturated rings. The van der Waals surface area contributed by atoms with Gasteiger partial charge in [0.25, 0.3) is 10.5 Å². The number of nitrogens with zero attached hydrogens (tertiary/aromatic N) is 2. The Morgan fingerprint density at radius 3 is 2.05 bits per heavy atom. The molecular weight excluding hydrogens is 327 g/mol. The third kappa shape index (κ3) is 3.90. The first-order chi connectivity index (χ1) is 10.5. The van der Waals surface area contributed by atoms with Crippen LogP contribution < -0.4 is 4.74 Å². The molecule has 0 aliphatic heterocycles. The van der Waals surface area contributed by atoms with Gasteiger partial charge in [-0.2, -0.15) is 10.2 Å². The number of methoxy groups -OCH3 is 1. The van der Waals surface area contributed by atoms with Gasteiger partial charge in [-0.1, -0.05) is 0 Å². The van der Waals surface area contributed by atoms with Crippen LogP contribution in [-0.4, -0.2) is 17.6 Å². The van der Waals surface area contributed by atoms with E-state index in [2.05, 4.69) is 10.2 Å². The number of hydrogen-bond donors (Lipinski definition) is 0. The highest BCUT2D eigenvalue weighted by molar-refractivity contribution is 6.68. The standard InChI is InChI=1S/C15H10Cl2N2O3/c1-22-13-7-6-11(8-12(13)15(17)21)19-18-10-4-2-9(3-5-10)14(16)20/h2-8H,1H3. The maximum absolute atomic E-state index is 11.3. The number of azo groups is 1. The third-order valence-electron chi connectivity index (χ3n) is 2.77. The van der Waals surface area contributed by atoms with Gasteiger partial charge in [0.15, 0.2) is 0 Å². The molecule has 0 saturated carbocycles. The van der Waals surface area contributed by atoms with Crippen molar-refractivity contribution in [1.82, 2.24) is 0 Å². The Bertz CT molecular complexity index is 743. The Kier molecular flexibility index (Phi) is 5.25. The molecule has 2 rings (SSSR count). The van der Waals surface area contributed by atoms with Gasteiger partial charge in [0, 0.05) is 5.56 Å². The molecule has 0 heterocycles.